The molecule has 0 spiro atoms. The number of anilines is 1. The highest BCUT2D eigenvalue weighted by Gasteiger charge is 2.27. The first-order chi connectivity index (χ1) is 14.6. The summed E-state index contributed by atoms with van der Waals surface area (Å²) in [6.07, 6.45) is 6.44. The van der Waals surface area contributed by atoms with Crippen LogP contribution in [0.25, 0.3) is 0 Å². The summed E-state index contributed by atoms with van der Waals surface area (Å²) in [5.74, 6) is 0.534. The van der Waals surface area contributed by atoms with E-state index in [2.05, 4.69) is 10.6 Å². The number of carbonyl (C=O) groups excluding carboxylic acids is 2. The van der Waals surface area contributed by atoms with E-state index >= 15 is 0 Å². The van der Waals surface area contributed by atoms with Gasteiger partial charge >= 0.3 is 0 Å². The monoisotopic (exact) mass is 428 g/mol. The van der Waals surface area contributed by atoms with Gasteiger partial charge in [-0.1, -0.05) is 12.1 Å². The van der Waals surface area contributed by atoms with Crippen molar-refractivity contribution in [2.75, 3.05) is 25.6 Å². The van der Waals surface area contributed by atoms with Crippen LogP contribution in [0.2, 0.25) is 0 Å². The minimum Gasteiger partial charge on any atom is -0.497 e. The van der Waals surface area contributed by atoms with Crippen molar-refractivity contribution in [3.8, 4) is 5.75 Å². The molecule has 30 heavy (non-hydrogen) atoms. The largest absolute Gasteiger partial charge is 0.497 e. The van der Waals surface area contributed by atoms with Crippen LogP contribution < -0.4 is 15.4 Å². The van der Waals surface area contributed by atoms with Crippen LogP contribution >= 0.6 is 11.3 Å². The Morgan fingerprint density at radius 2 is 1.97 bits per heavy atom. The summed E-state index contributed by atoms with van der Waals surface area (Å²) in [4.78, 5) is 27.0. The third-order valence-electron chi connectivity index (χ3n) is 5.69. The van der Waals surface area contributed by atoms with Gasteiger partial charge in [-0.15, -0.1) is 11.3 Å². The SMILES string of the molecule is COc1ccc(CC(=O)Nc2sc3c(c2C(=O)NCC2CCCO2)CCCC3)cc1. The van der Waals surface area contributed by atoms with Crippen molar-refractivity contribution >= 4 is 28.2 Å². The second-order valence-corrected chi connectivity index (χ2v) is 8.94. The number of hydrogen-bond donors (Lipinski definition) is 2. The van der Waals surface area contributed by atoms with E-state index in [4.69, 9.17) is 9.47 Å². The predicted molar refractivity (Wildman–Crippen MR) is 118 cm³/mol. The van der Waals surface area contributed by atoms with E-state index in [-0.39, 0.29) is 24.3 Å². The summed E-state index contributed by atoms with van der Waals surface area (Å²) in [7, 11) is 1.62. The van der Waals surface area contributed by atoms with Crippen LogP contribution in [0.5, 0.6) is 5.75 Å². The number of amides is 2. The zero-order chi connectivity index (χ0) is 20.9. The molecule has 7 heteroatoms. The molecule has 1 atom stereocenters. The number of rotatable bonds is 7. The third-order valence-corrected chi connectivity index (χ3v) is 6.90. The number of nitrogens with one attached hydrogen (secondary N) is 2. The van der Waals surface area contributed by atoms with Crippen LogP contribution in [0.3, 0.4) is 0 Å². The molecule has 1 aliphatic heterocycles. The predicted octanol–water partition coefficient (Wildman–Crippen LogP) is 3.73. The van der Waals surface area contributed by atoms with Crippen molar-refractivity contribution in [3.05, 3.63) is 45.8 Å². The fourth-order valence-corrected chi connectivity index (χ4v) is 5.40. The molecule has 4 rings (SSSR count). The Bertz CT molecular complexity index is 901. The van der Waals surface area contributed by atoms with Crippen molar-refractivity contribution in [1.29, 1.82) is 0 Å². The van der Waals surface area contributed by atoms with E-state index in [1.807, 2.05) is 24.3 Å². The van der Waals surface area contributed by atoms with Crippen molar-refractivity contribution in [2.24, 2.45) is 0 Å². The first-order valence-electron chi connectivity index (χ1n) is 10.6. The maximum absolute atomic E-state index is 13.0. The maximum atomic E-state index is 13.0. The molecule has 160 valence electrons. The lowest BCUT2D eigenvalue weighted by Gasteiger charge is -2.15. The molecule has 1 unspecified atom stereocenters. The van der Waals surface area contributed by atoms with E-state index in [0.29, 0.717) is 17.1 Å². The summed E-state index contributed by atoms with van der Waals surface area (Å²) in [5.41, 5.74) is 2.66. The molecule has 6 nitrogen and oxygen atoms in total. The highest BCUT2D eigenvalue weighted by molar-refractivity contribution is 7.17. The summed E-state index contributed by atoms with van der Waals surface area (Å²) in [6.45, 7) is 1.28. The van der Waals surface area contributed by atoms with Gasteiger partial charge in [-0.2, -0.15) is 0 Å². The number of carbonyl (C=O) groups is 2. The van der Waals surface area contributed by atoms with Gasteiger partial charge in [-0.3, -0.25) is 9.59 Å². The van der Waals surface area contributed by atoms with E-state index in [1.165, 1.54) is 4.88 Å². The molecule has 1 aliphatic carbocycles. The number of aryl methyl sites for hydroxylation is 1. The molecule has 2 amide bonds. The summed E-state index contributed by atoms with van der Waals surface area (Å²) >= 11 is 1.55. The topological polar surface area (TPSA) is 76.7 Å². The smallest absolute Gasteiger partial charge is 0.254 e. The Morgan fingerprint density at radius 3 is 2.70 bits per heavy atom. The molecule has 1 aromatic carbocycles. The molecule has 0 radical (unpaired) electrons. The Labute approximate surface area is 181 Å². The van der Waals surface area contributed by atoms with Crippen LogP contribution in [0, 0.1) is 0 Å². The lowest BCUT2D eigenvalue weighted by atomic mass is 9.95. The molecule has 2 N–H and O–H groups in total. The number of ether oxygens (including phenoxy) is 2. The van der Waals surface area contributed by atoms with Gasteiger partial charge in [0.25, 0.3) is 5.91 Å². The van der Waals surface area contributed by atoms with E-state index in [9.17, 15) is 9.59 Å². The molecule has 2 aromatic rings. The minimum absolute atomic E-state index is 0.0940. The molecule has 1 aromatic heterocycles. The quantitative estimate of drug-likeness (QED) is 0.705. The summed E-state index contributed by atoms with van der Waals surface area (Å²) < 4.78 is 10.8. The molecule has 1 fully saturated rings. The van der Waals surface area contributed by atoms with Crippen molar-refractivity contribution < 1.29 is 19.1 Å². The molecule has 1 saturated heterocycles. The molecular formula is C23H28N2O4S. The highest BCUT2D eigenvalue weighted by atomic mass is 32.1. The van der Waals surface area contributed by atoms with Gasteiger partial charge in [0.1, 0.15) is 10.8 Å². The molecule has 2 heterocycles. The van der Waals surface area contributed by atoms with Gasteiger partial charge in [0, 0.05) is 18.0 Å². The Balaban J connectivity index is 1.47. The minimum atomic E-state index is -0.119. The van der Waals surface area contributed by atoms with E-state index in [0.717, 1.165) is 62.0 Å². The standard InChI is InChI=1S/C23H28N2O4S/c1-28-16-10-8-15(9-11-16)13-20(26)25-23-21(18-6-2-3-7-19(18)30-23)22(27)24-14-17-5-4-12-29-17/h8-11,17H,2-7,12-14H2,1H3,(H,24,27)(H,25,26). The molecule has 2 aliphatic rings. The number of methoxy groups -OCH3 is 1. The van der Waals surface area contributed by atoms with Crippen LogP contribution in [-0.2, 0) is 28.8 Å². The van der Waals surface area contributed by atoms with E-state index < -0.39 is 0 Å². The molecule has 0 saturated carbocycles. The van der Waals surface area contributed by atoms with Crippen LogP contribution in [0.1, 0.15) is 52.0 Å². The summed E-state index contributed by atoms with van der Waals surface area (Å²) in [6, 6.07) is 7.45. The average Bonchev–Trinajstić information content (AvgIpc) is 3.40. The fraction of sp³-hybridized carbons (Fsp3) is 0.478. The Hall–Kier alpha value is -2.38. The second kappa shape index (κ2) is 9.62. The maximum Gasteiger partial charge on any atom is 0.254 e. The van der Waals surface area contributed by atoms with E-state index in [1.54, 1.807) is 18.4 Å². The van der Waals surface area contributed by atoms with Crippen LogP contribution in [-0.4, -0.2) is 38.2 Å². The van der Waals surface area contributed by atoms with Crippen molar-refractivity contribution in [2.45, 2.75) is 51.0 Å². The normalized spacial score (nSPS) is 18.0. The van der Waals surface area contributed by atoms with Gasteiger partial charge in [0.15, 0.2) is 0 Å². The second-order valence-electron chi connectivity index (χ2n) is 7.83. The Kier molecular flexibility index (Phi) is 6.69. The highest BCUT2D eigenvalue weighted by Crippen LogP contribution is 2.38. The van der Waals surface area contributed by atoms with Crippen molar-refractivity contribution in [1.82, 2.24) is 5.32 Å². The fourth-order valence-electron chi connectivity index (χ4n) is 4.09. The lowest BCUT2D eigenvalue weighted by molar-refractivity contribution is -0.115. The van der Waals surface area contributed by atoms with Crippen molar-refractivity contribution in [3.63, 3.8) is 0 Å². The van der Waals surface area contributed by atoms with Gasteiger partial charge in [0.05, 0.1) is 25.2 Å². The van der Waals surface area contributed by atoms with Gasteiger partial charge < -0.3 is 20.1 Å². The number of benzene rings is 1. The first kappa shape index (κ1) is 20.9. The Morgan fingerprint density at radius 1 is 1.17 bits per heavy atom. The lowest BCUT2D eigenvalue weighted by Crippen LogP contribution is -2.32. The number of fused-ring (bicyclic) bond motifs is 1. The zero-order valence-corrected chi connectivity index (χ0v) is 18.1. The van der Waals surface area contributed by atoms with Gasteiger partial charge in [0.2, 0.25) is 5.91 Å². The number of hydrogen-bond acceptors (Lipinski definition) is 5. The number of thiophene rings is 1. The molecule has 0 bridgehead atoms. The van der Waals surface area contributed by atoms with Crippen LogP contribution in [0.4, 0.5) is 5.00 Å². The van der Waals surface area contributed by atoms with Gasteiger partial charge in [-0.05, 0) is 61.8 Å². The first-order valence-corrected chi connectivity index (χ1v) is 11.4. The average molecular weight is 429 g/mol. The van der Waals surface area contributed by atoms with Crippen LogP contribution in [0.15, 0.2) is 24.3 Å². The molecular weight excluding hydrogens is 400 g/mol. The zero-order valence-electron chi connectivity index (χ0n) is 17.3. The third kappa shape index (κ3) is 4.84. The van der Waals surface area contributed by atoms with Gasteiger partial charge in [-0.25, -0.2) is 0 Å². The summed E-state index contributed by atoms with van der Waals surface area (Å²) in [5, 5.41) is 6.71.